The van der Waals surface area contributed by atoms with Crippen molar-refractivity contribution >= 4 is 15.7 Å². The Morgan fingerprint density at radius 1 is 1.29 bits per heavy atom. The number of nitrogens with one attached hydrogen (secondary N) is 1. The average molecular weight is 307 g/mol. The summed E-state index contributed by atoms with van der Waals surface area (Å²) in [5.74, 6) is -0.290. The van der Waals surface area contributed by atoms with Gasteiger partial charge in [0, 0.05) is 12.1 Å². The predicted octanol–water partition coefficient (Wildman–Crippen LogP) is 2.38. The second-order valence-electron chi connectivity index (χ2n) is 5.66. The Kier molecular flexibility index (Phi) is 4.83. The van der Waals surface area contributed by atoms with Gasteiger partial charge in [0.1, 0.15) is 0 Å². The fraction of sp³-hybridized carbons (Fsp3) is 0.438. The number of amides is 1. The minimum absolute atomic E-state index is 0.0923. The first-order valence-corrected chi connectivity index (χ1v) is 8.81. The molecule has 1 aromatic rings. The standard InChI is InChI=1S/C16H21NO3S/c1-12-6-8-15(9-7-12)21(19,20)11-13(2)17-16(18)10-14-4-3-5-14/h6-10,13H,3-5,11H2,1-2H3,(H,17,18)/t13-/m1/s1. The van der Waals surface area contributed by atoms with Gasteiger partial charge in [-0.25, -0.2) is 8.42 Å². The molecule has 1 saturated carbocycles. The Morgan fingerprint density at radius 2 is 1.90 bits per heavy atom. The zero-order valence-electron chi connectivity index (χ0n) is 12.4. The van der Waals surface area contributed by atoms with Gasteiger partial charge in [-0.1, -0.05) is 23.3 Å². The smallest absolute Gasteiger partial charge is 0.244 e. The van der Waals surface area contributed by atoms with Crippen LogP contribution in [-0.2, 0) is 14.6 Å². The Labute approximate surface area is 126 Å². The highest BCUT2D eigenvalue weighted by Gasteiger charge is 2.19. The first-order chi connectivity index (χ1) is 9.87. The maximum Gasteiger partial charge on any atom is 0.244 e. The fourth-order valence-corrected chi connectivity index (χ4v) is 3.69. The Morgan fingerprint density at radius 3 is 2.43 bits per heavy atom. The molecular weight excluding hydrogens is 286 g/mol. The molecule has 0 aliphatic heterocycles. The van der Waals surface area contributed by atoms with Gasteiger partial charge in [-0.3, -0.25) is 4.79 Å². The molecule has 2 rings (SSSR count). The van der Waals surface area contributed by atoms with Crippen LogP contribution in [0.3, 0.4) is 0 Å². The molecule has 0 spiro atoms. The highest BCUT2D eigenvalue weighted by molar-refractivity contribution is 7.91. The van der Waals surface area contributed by atoms with Crippen molar-refractivity contribution in [1.29, 1.82) is 0 Å². The summed E-state index contributed by atoms with van der Waals surface area (Å²) in [5.41, 5.74) is 2.16. The van der Waals surface area contributed by atoms with Crippen molar-refractivity contribution in [1.82, 2.24) is 5.32 Å². The van der Waals surface area contributed by atoms with Crippen LogP contribution in [0.2, 0.25) is 0 Å². The number of aryl methyl sites for hydroxylation is 1. The van der Waals surface area contributed by atoms with E-state index in [-0.39, 0.29) is 11.7 Å². The van der Waals surface area contributed by atoms with E-state index in [4.69, 9.17) is 0 Å². The van der Waals surface area contributed by atoms with Crippen LogP contribution < -0.4 is 5.32 Å². The van der Waals surface area contributed by atoms with Gasteiger partial charge in [0.15, 0.2) is 9.84 Å². The summed E-state index contributed by atoms with van der Waals surface area (Å²) in [6, 6.07) is 6.35. The van der Waals surface area contributed by atoms with Crippen LogP contribution in [-0.4, -0.2) is 26.1 Å². The number of carbonyl (C=O) groups is 1. The highest BCUT2D eigenvalue weighted by atomic mass is 32.2. The van der Waals surface area contributed by atoms with Gasteiger partial charge in [0.25, 0.3) is 0 Å². The molecule has 0 aromatic heterocycles. The topological polar surface area (TPSA) is 63.2 Å². The molecule has 1 atom stereocenters. The van der Waals surface area contributed by atoms with Gasteiger partial charge in [0.05, 0.1) is 10.6 Å². The number of allylic oxidation sites excluding steroid dienone is 1. The maximum absolute atomic E-state index is 12.3. The van der Waals surface area contributed by atoms with E-state index in [2.05, 4.69) is 5.32 Å². The van der Waals surface area contributed by atoms with Gasteiger partial charge in [-0.05, 0) is 45.2 Å². The van der Waals surface area contributed by atoms with Gasteiger partial charge < -0.3 is 5.32 Å². The van der Waals surface area contributed by atoms with E-state index >= 15 is 0 Å². The Bertz CT molecular complexity index is 639. The summed E-state index contributed by atoms with van der Waals surface area (Å²) in [6.45, 7) is 3.62. The van der Waals surface area contributed by atoms with Crippen molar-refractivity contribution in [2.75, 3.05) is 5.75 Å². The van der Waals surface area contributed by atoms with E-state index in [1.54, 1.807) is 37.3 Å². The third kappa shape index (κ3) is 4.43. The molecule has 1 aromatic carbocycles. The van der Waals surface area contributed by atoms with Crippen LogP contribution in [0.5, 0.6) is 0 Å². The van der Waals surface area contributed by atoms with Crippen molar-refractivity contribution in [3.8, 4) is 0 Å². The molecule has 114 valence electrons. The lowest BCUT2D eigenvalue weighted by molar-refractivity contribution is -0.117. The lowest BCUT2D eigenvalue weighted by atomic mass is 9.92. The summed E-state index contributed by atoms with van der Waals surface area (Å²) in [7, 11) is -3.38. The van der Waals surface area contributed by atoms with Crippen molar-refractivity contribution in [2.24, 2.45) is 0 Å². The highest BCUT2D eigenvalue weighted by Crippen LogP contribution is 2.24. The molecule has 5 heteroatoms. The average Bonchev–Trinajstić information content (AvgIpc) is 2.33. The van der Waals surface area contributed by atoms with Crippen LogP contribution in [0.25, 0.3) is 0 Å². The van der Waals surface area contributed by atoms with Crippen LogP contribution in [0.4, 0.5) is 0 Å². The van der Waals surface area contributed by atoms with Crippen LogP contribution in [0.15, 0.2) is 40.8 Å². The first kappa shape index (κ1) is 15.8. The van der Waals surface area contributed by atoms with Crippen molar-refractivity contribution in [2.45, 2.75) is 44.0 Å². The zero-order chi connectivity index (χ0) is 15.5. The molecule has 1 amide bonds. The Balaban J connectivity index is 1.96. The minimum Gasteiger partial charge on any atom is -0.349 e. The monoisotopic (exact) mass is 307 g/mol. The third-order valence-electron chi connectivity index (χ3n) is 3.57. The second-order valence-corrected chi connectivity index (χ2v) is 7.69. The normalized spacial score (nSPS) is 16.0. The lowest BCUT2D eigenvalue weighted by Crippen LogP contribution is -2.37. The van der Waals surface area contributed by atoms with E-state index in [0.29, 0.717) is 4.90 Å². The van der Waals surface area contributed by atoms with Gasteiger partial charge in [-0.15, -0.1) is 0 Å². The summed E-state index contributed by atoms with van der Waals surface area (Å²) >= 11 is 0. The summed E-state index contributed by atoms with van der Waals surface area (Å²) in [4.78, 5) is 12.0. The lowest BCUT2D eigenvalue weighted by Gasteiger charge is -2.17. The number of carbonyl (C=O) groups excluding carboxylic acids is 1. The van der Waals surface area contributed by atoms with Crippen molar-refractivity contribution < 1.29 is 13.2 Å². The molecular formula is C16H21NO3S. The number of hydrogen-bond donors (Lipinski definition) is 1. The fourth-order valence-electron chi connectivity index (χ4n) is 2.21. The predicted molar refractivity (Wildman–Crippen MR) is 82.8 cm³/mol. The van der Waals surface area contributed by atoms with E-state index in [9.17, 15) is 13.2 Å². The SMILES string of the molecule is Cc1ccc(S(=O)(=O)C[C@@H](C)NC(=O)C=C2CCC2)cc1. The minimum atomic E-state index is -3.38. The van der Waals surface area contributed by atoms with E-state index < -0.39 is 15.9 Å². The summed E-state index contributed by atoms with van der Waals surface area (Å²) < 4.78 is 24.5. The number of benzene rings is 1. The molecule has 21 heavy (non-hydrogen) atoms. The molecule has 1 N–H and O–H groups in total. The van der Waals surface area contributed by atoms with Gasteiger partial charge >= 0.3 is 0 Å². The molecule has 0 unspecified atom stereocenters. The molecule has 0 heterocycles. The number of sulfone groups is 1. The van der Waals surface area contributed by atoms with Crippen LogP contribution >= 0.6 is 0 Å². The van der Waals surface area contributed by atoms with E-state index in [1.807, 2.05) is 6.92 Å². The molecule has 1 fully saturated rings. The Hall–Kier alpha value is -1.62. The van der Waals surface area contributed by atoms with E-state index in [1.165, 1.54) is 0 Å². The van der Waals surface area contributed by atoms with Crippen LogP contribution in [0.1, 0.15) is 31.7 Å². The van der Waals surface area contributed by atoms with Crippen molar-refractivity contribution in [3.05, 3.63) is 41.5 Å². The van der Waals surface area contributed by atoms with Crippen LogP contribution in [0, 0.1) is 6.92 Å². The van der Waals surface area contributed by atoms with Crippen molar-refractivity contribution in [3.63, 3.8) is 0 Å². The molecule has 0 radical (unpaired) electrons. The largest absolute Gasteiger partial charge is 0.349 e. The summed E-state index contributed by atoms with van der Waals surface area (Å²) in [6.07, 6.45) is 4.68. The summed E-state index contributed by atoms with van der Waals surface area (Å²) in [5, 5.41) is 2.72. The molecule has 1 aliphatic rings. The number of hydrogen-bond acceptors (Lipinski definition) is 3. The molecule has 0 saturated heterocycles. The molecule has 0 bridgehead atoms. The molecule has 4 nitrogen and oxygen atoms in total. The molecule has 1 aliphatic carbocycles. The van der Waals surface area contributed by atoms with Gasteiger partial charge in [-0.2, -0.15) is 0 Å². The number of rotatable bonds is 5. The maximum atomic E-state index is 12.3. The quantitative estimate of drug-likeness (QED) is 0.850. The first-order valence-electron chi connectivity index (χ1n) is 7.16. The third-order valence-corrected chi connectivity index (χ3v) is 5.50. The van der Waals surface area contributed by atoms with E-state index in [0.717, 1.165) is 30.4 Å². The zero-order valence-corrected chi connectivity index (χ0v) is 13.2. The second kappa shape index (κ2) is 6.43. The van der Waals surface area contributed by atoms with Gasteiger partial charge in [0.2, 0.25) is 5.91 Å².